The fraction of sp³-hybridized carbons (Fsp3) is 0.619. The number of methoxy groups -OCH3 is 2. The van der Waals surface area contributed by atoms with Gasteiger partial charge in [0.25, 0.3) is 0 Å². The molecule has 2 aliphatic rings. The van der Waals surface area contributed by atoms with E-state index in [2.05, 4.69) is 0 Å². The fourth-order valence-corrected chi connectivity index (χ4v) is 4.47. The van der Waals surface area contributed by atoms with Crippen LogP contribution in [-0.4, -0.2) is 42.6 Å². The highest BCUT2D eigenvalue weighted by atomic mass is 16.5. The van der Waals surface area contributed by atoms with Gasteiger partial charge in [0.1, 0.15) is 0 Å². The molecule has 1 aliphatic carbocycles. The first-order valence-electron chi connectivity index (χ1n) is 9.79. The molecule has 1 aromatic carbocycles. The van der Waals surface area contributed by atoms with E-state index in [1.54, 1.807) is 19.1 Å². The van der Waals surface area contributed by atoms with E-state index in [4.69, 9.17) is 9.47 Å². The molecule has 1 heterocycles. The van der Waals surface area contributed by atoms with Crippen LogP contribution in [0.25, 0.3) is 0 Å². The Morgan fingerprint density at radius 3 is 2.37 bits per heavy atom. The minimum absolute atomic E-state index is 0.0774. The van der Waals surface area contributed by atoms with Crippen LogP contribution in [0, 0.1) is 5.92 Å². The molecule has 0 aromatic heterocycles. The maximum absolute atomic E-state index is 13.0. The number of ether oxygens (including phenoxy) is 2. The second-order valence-corrected chi connectivity index (χ2v) is 7.56. The number of carboxylic acids is 1. The van der Waals surface area contributed by atoms with Crippen molar-refractivity contribution in [1.29, 1.82) is 0 Å². The molecule has 1 amide bonds. The molecule has 3 rings (SSSR count). The SMILES string of the molecule is COc1cc2c(cc1OC)C(CC(=O)O)N(C(=O)CC1CCCCC1)CC2. The number of rotatable bonds is 6. The molecule has 6 heteroatoms. The second kappa shape index (κ2) is 8.63. The van der Waals surface area contributed by atoms with Gasteiger partial charge in [-0.15, -0.1) is 0 Å². The third-order valence-electron chi connectivity index (χ3n) is 5.88. The number of nitrogens with zero attached hydrogens (tertiary/aromatic N) is 1. The summed E-state index contributed by atoms with van der Waals surface area (Å²) in [7, 11) is 3.15. The van der Waals surface area contributed by atoms with Crippen molar-refractivity contribution in [3.05, 3.63) is 23.3 Å². The number of hydrogen-bond donors (Lipinski definition) is 1. The Bertz CT molecular complexity index is 696. The number of carbonyl (C=O) groups is 2. The number of carboxylic acid groups (broad SMARTS) is 1. The highest BCUT2D eigenvalue weighted by molar-refractivity contribution is 5.79. The van der Waals surface area contributed by atoms with Gasteiger partial charge in [-0.05, 0) is 48.4 Å². The zero-order valence-corrected chi connectivity index (χ0v) is 16.2. The van der Waals surface area contributed by atoms with Crippen LogP contribution in [0.15, 0.2) is 12.1 Å². The third kappa shape index (κ3) is 4.37. The summed E-state index contributed by atoms with van der Waals surface area (Å²) in [5, 5.41) is 9.45. The molecule has 0 spiro atoms. The van der Waals surface area contributed by atoms with Crippen LogP contribution in [-0.2, 0) is 16.0 Å². The quantitative estimate of drug-likeness (QED) is 0.822. The Balaban J connectivity index is 1.87. The monoisotopic (exact) mass is 375 g/mol. The maximum atomic E-state index is 13.0. The average Bonchev–Trinajstić information content (AvgIpc) is 2.67. The zero-order chi connectivity index (χ0) is 19.4. The Hall–Kier alpha value is -2.24. The van der Waals surface area contributed by atoms with Gasteiger partial charge in [-0.1, -0.05) is 19.3 Å². The summed E-state index contributed by atoms with van der Waals surface area (Å²) < 4.78 is 10.8. The molecule has 0 radical (unpaired) electrons. The lowest BCUT2D eigenvalue weighted by atomic mass is 9.85. The Morgan fingerprint density at radius 2 is 1.74 bits per heavy atom. The predicted molar refractivity (Wildman–Crippen MR) is 101 cm³/mol. The molecule has 6 nitrogen and oxygen atoms in total. The minimum Gasteiger partial charge on any atom is -0.493 e. The standard InChI is InChI=1S/C21H29NO5/c1-26-18-11-15-8-9-22(20(23)10-14-6-4-3-5-7-14)17(13-21(24)25)16(15)12-19(18)27-2/h11-12,14,17H,3-10,13H2,1-2H3,(H,24,25). The van der Waals surface area contributed by atoms with Crippen LogP contribution in [0.5, 0.6) is 11.5 Å². The minimum atomic E-state index is -0.905. The second-order valence-electron chi connectivity index (χ2n) is 7.56. The normalized spacial score (nSPS) is 20.1. The average molecular weight is 375 g/mol. The van der Waals surface area contributed by atoms with Crippen LogP contribution >= 0.6 is 0 Å². The van der Waals surface area contributed by atoms with Crippen LogP contribution in [0.1, 0.15) is 62.1 Å². The first-order chi connectivity index (χ1) is 13.0. The van der Waals surface area contributed by atoms with Crippen LogP contribution in [0.4, 0.5) is 0 Å². The lowest BCUT2D eigenvalue weighted by molar-refractivity contribution is -0.141. The van der Waals surface area contributed by atoms with Gasteiger partial charge in [-0.25, -0.2) is 0 Å². The first kappa shape index (κ1) is 19.5. The van der Waals surface area contributed by atoms with Crippen LogP contribution in [0.2, 0.25) is 0 Å². The van der Waals surface area contributed by atoms with Crippen molar-refractivity contribution in [2.75, 3.05) is 20.8 Å². The highest BCUT2D eigenvalue weighted by Gasteiger charge is 2.34. The summed E-state index contributed by atoms with van der Waals surface area (Å²) >= 11 is 0. The van der Waals surface area contributed by atoms with E-state index in [0.717, 1.165) is 24.0 Å². The molecule has 1 saturated carbocycles. The number of aliphatic carboxylic acids is 1. The third-order valence-corrected chi connectivity index (χ3v) is 5.88. The summed E-state index contributed by atoms with van der Waals surface area (Å²) in [5.74, 6) is 0.802. The topological polar surface area (TPSA) is 76.1 Å². The molecule has 1 unspecified atom stereocenters. The van der Waals surface area contributed by atoms with Gasteiger partial charge in [0, 0.05) is 13.0 Å². The lowest BCUT2D eigenvalue weighted by Crippen LogP contribution is -2.41. The molecule has 0 saturated heterocycles. The van der Waals surface area contributed by atoms with Crippen molar-refractivity contribution in [2.45, 2.75) is 57.4 Å². The molecule has 27 heavy (non-hydrogen) atoms. The lowest BCUT2D eigenvalue weighted by Gasteiger charge is -2.38. The van der Waals surface area contributed by atoms with Crippen molar-refractivity contribution in [2.24, 2.45) is 5.92 Å². The predicted octanol–water partition coefficient (Wildman–Crippen LogP) is 3.57. The van der Waals surface area contributed by atoms with Gasteiger partial charge in [0.2, 0.25) is 5.91 Å². The maximum Gasteiger partial charge on any atom is 0.305 e. The van der Waals surface area contributed by atoms with Gasteiger partial charge < -0.3 is 19.5 Å². The molecule has 1 N–H and O–H groups in total. The van der Waals surface area contributed by atoms with E-state index in [1.165, 1.54) is 19.3 Å². The number of fused-ring (bicyclic) bond motifs is 1. The Morgan fingerprint density at radius 1 is 1.07 bits per heavy atom. The summed E-state index contributed by atoms with van der Waals surface area (Å²) in [6.45, 7) is 0.548. The zero-order valence-electron chi connectivity index (χ0n) is 16.2. The van der Waals surface area contributed by atoms with E-state index in [0.29, 0.717) is 36.8 Å². The fourth-order valence-electron chi connectivity index (χ4n) is 4.47. The number of carbonyl (C=O) groups excluding carboxylic acids is 1. The first-order valence-corrected chi connectivity index (χ1v) is 9.79. The van der Waals surface area contributed by atoms with Gasteiger partial charge in [0.05, 0.1) is 26.7 Å². The van der Waals surface area contributed by atoms with E-state index in [1.807, 2.05) is 12.1 Å². The van der Waals surface area contributed by atoms with Crippen molar-refractivity contribution >= 4 is 11.9 Å². The molecule has 1 aromatic rings. The molecule has 0 bridgehead atoms. The number of hydrogen-bond acceptors (Lipinski definition) is 4. The number of benzene rings is 1. The molecule has 1 atom stereocenters. The van der Waals surface area contributed by atoms with Crippen LogP contribution in [0.3, 0.4) is 0 Å². The number of amides is 1. The van der Waals surface area contributed by atoms with Gasteiger partial charge in [-0.3, -0.25) is 9.59 Å². The van der Waals surface area contributed by atoms with E-state index in [9.17, 15) is 14.7 Å². The van der Waals surface area contributed by atoms with Crippen molar-refractivity contribution in [1.82, 2.24) is 4.90 Å². The van der Waals surface area contributed by atoms with Crippen molar-refractivity contribution < 1.29 is 24.2 Å². The molecular formula is C21H29NO5. The largest absolute Gasteiger partial charge is 0.493 e. The van der Waals surface area contributed by atoms with E-state index in [-0.39, 0.29) is 12.3 Å². The molecule has 148 valence electrons. The summed E-state index contributed by atoms with van der Waals surface area (Å²) in [5.41, 5.74) is 1.89. The van der Waals surface area contributed by atoms with E-state index < -0.39 is 12.0 Å². The molecule has 1 fully saturated rings. The van der Waals surface area contributed by atoms with Gasteiger partial charge in [0.15, 0.2) is 11.5 Å². The van der Waals surface area contributed by atoms with Gasteiger partial charge >= 0.3 is 5.97 Å². The Labute approximate surface area is 160 Å². The highest BCUT2D eigenvalue weighted by Crippen LogP contribution is 2.40. The van der Waals surface area contributed by atoms with Crippen LogP contribution < -0.4 is 9.47 Å². The summed E-state index contributed by atoms with van der Waals surface area (Å²) in [4.78, 5) is 26.3. The van der Waals surface area contributed by atoms with E-state index >= 15 is 0 Å². The van der Waals surface area contributed by atoms with Gasteiger partial charge in [-0.2, -0.15) is 0 Å². The summed E-state index contributed by atoms with van der Waals surface area (Å²) in [6.07, 6.45) is 6.97. The summed E-state index contributed by atoms with van der Waals surface area (Å²) in [6, 6.07) is 3.29. The van der Waals surface area contributed by atoms with Crippen molar-refractivity contribution in [3.63, 3.8) is 0 Å². The molecule has 1 aliphatic heterocycles. The molecular weight excluding hydrogens is 346 g/mol. The smallest absolute Gasteiger partial charge is 0.305 e. The Kier molecular flexibility index (Phi) is 6.24. The van der Waals surface area contributed by atoms with Crippen molar-refractivity contribution in [3.8, 4) is 11.5 Å².